The van der Waals surface area contributed by atoms with Gasteiger partial charge >= 0.3 is 0 Å². The molecule has 0 aromatic carbocycles. The molecule has 0 aliphatic carbocycles. The molecule has 0 amide bonds. The smallest absolute Gasteiger partial charge is 0.0885 e. The number of ether oxygens (including phenoxy) is 1. The SMILES string of the molecule is CC(C)COCc1ccnn1C(C)C. The van der Waals surface area contributed by atoms with E-state index in [1.54, 1.807) is 0 Å². The van der Waals surface area contributed by atoms with Crippen molar-refractivity contribution >= 4 is 0 Å². The van der Waals surface area contributed by atoms with Crippen LogP contribution in [0.1, 0.15) is 39.4 Å². The molecule has 0 aliphatic rings. The normalized spacial score (nSPS) is 11.6. The largest absolute Gasteiger partial charge is 0.375 e. The molecule has 0 saturated carbocycles. The van der Waals surface area contributed by atoms with Gasteiger partial charge in [-0.05, 0) is 25.8 Å². The first kappa shape index (κ1) is 11.2. The Bertz CT molecular complexity index is 266. The quantitative estimate of drug-likeness (QED) is 0.724. The summed E-state index contributed by atoms with van der Waals surface area (Å²) in [6, 6.07) is 2.42. The Kier molecular flexibility index (Phi) is 4.14. The molecule has 0 saturated heterocycles. The standard InChI is InChI=1S/C11H20N2O/c1-9(2)7-14-8-11-5-6-12-13(11)10(3)4/h5-6,9-10H,7-8H2,1-4H3. The molecule has 0 bridgehead atoms. The van der Waals surface area contributed by atoms with Gasteiger partial charge in [0, 0.05) is 18.8 Å². The number of nitrogens with zero attached hydrogens (tertiary/aromatic N) is 2. The van der Waals surface area contributed by atoms with E-state index in [0.717, 1.165) is 12.3 Å². The molecule has 0 atom stereocenters. The van der Waals surface area contributed by atoms with E-state index in [1.165, 1.54) is 0 Å². The summed E-state index contributed by atoms with van der Waals surface area (Å²) in [5.74, 6) is 0.588. The number of aromatic nitrogens is 2. The fourth-order valence-corrected chi connectivity index (χ4v) is 1.32. The lowest BCUT2D eigenvalue weighted by atomic mass is 10.2. The zero-order valence-corrected chi connectivity index (χ0v) is 9.53. The third-order valence-electron chi connectivity index (χ3n) is 1.94. The Balaban J connectivity index is 2.46. The Labute approximate surface area is 86.1 Å². The highest BCUT2D eigenvalue weighted by molar-refractivity contribution is 4.99. The molecule has 0 N–H and O–H groups in total. The van der Waals surface area contributed by atoms with Crippen molar-refractivity contribution < 1.29 is 4.74 Å². The van der Waals surface area contributed by atoms with Gasteiger partial charge in [-0.1, -0.05) is 13.8 Å². The lowest BCUT2D eigenvalue weighted by Crippen LogP contribution is -2.10. The second-order valence-corrected chi connectivity index (χ2v) is 4.27. The van der Waals surface area contributed by atoms with Crippen LogP contribution in [0.25, 0.3) is 0 Å². The molecule has 0 aliphatic heterocycles. The number of rotatable bonds is 5. The van der Waals surface area contributed by atoms with E-state index in [1.807, 2.05) is 16.9 Å². The molecular weight excluding hydrogens is 176 g/mol. The molecule has 0 fully saturated rings. The fraction of sp³-hybridized carbons (Fsp3) is 0.727. The molecule has 0 unspecified atom stereocenters. The van der Waals surface area contributed by atoms with Crippen molar-refractivity contribution in [3.05, 3.63) is 18.0 Å². The minimum atomic E-state index is 0.405. The highest BCUT2D eigenvalue weighted by atomic mass is 16.5. The topological polar surface area (TPSA) is 27.1 Å². The van der Waals surface area contributed by atoms with Crippen molar-refractivity contribution in [2.45, 2.75) is 40.3 Å². The van der Waals surface area contributed by atoms with Gasteiger partial charge in [0.25, 0.3) is 0 Å². The second-order valence-electron chi connectivity index (χ2n) is 4.27. The van der Waals surface area contributed by atoms with Crippen LogP contribution in [0, 0.1) is 5.92 Å². The van der Waals surface area contributed by atoms with Gasteiger partial charge in [0.15, 0.2) is 0 Å². The maximum absolute atomic E-state index is 5.57. The maximum atomic E-state index is 5.57. The van der Waals surface area contributed by atoms with Gasteiger partial charge in [0.05, 0.1) is 12.3 Å². The second kappa shape index (κ2) is 5.15. The van der Waals surface area contributed by atoms with E-state index in [0.29, 0.717) is 18.6 Å². The van der Waals surface area contributed by atoms with Gasteiger partial charge in [-0.25, -0.2) is 0 Å². The molecule has 80 valence electrons. The molecule has 14 heavy (non-hydrogen) atoms. The summed E-state index contributed by atoms with van der Waals surface area (Å²) in [6.07, 6.45) is 1.83. The molecule has 0 spiro atoms. The molecule has 0 radical (unpaired) electrons. The van der Waals surface area contributed by atoms with E-state index >= 15 is 0 Å². The van der Waals surface area contributed by atoms with Crippen LogP contribution in [0.2, 0.25) is 0 Å². The average molecular weight is 196 g/mol. The Hall–Kier alpha value is -0.830. The van der Waals surface area contributed by atoms with Crippen LogP contribution in [0.5, 0.6) is 0 Å². The summed E-state index contributed by atoms with van der Waals surface area (Å²) in [5.41, 5.74) is 1.15. The fourth-order valence-electron chi connectivity index (χ4n) is 1.32. The molecule has 3 nitrogen and oxygen atoms in total. The number of hydrogen-bond donors (Lipinski definition) is 0. The van der Waals surface area contributed by atoms with Crippen molar-refractivity contribution in [3.8, 4) is 0 Å². The van der Waals surface area contributed by atoms with E-state index in [2.05, 4.69) is 32.8 Å². The Morgan fingerprint density at radius 1 is 1.36 bits per heavy atom. The lowest BCUT2D eigenvalue weighted by molar-refractivity contribution is 0.0912. The molecule has 1 heterocycles. The maximum Gasteiger partial charge on any atom is 0.0885 e. The van der Waals surface area contributed by atoms with Crippen LogP contribution in [-0.4, -0.2) is 16.4 Å². The van der Waals surface area contributed by atoms with Gasteiger partial charge in [-0.15, -0.1) is 0 Å². The zero-order valence-electron chi connectivity index (χ0n) is 9.53. The van der Waals surface area contributed by atoms with Crippen molar-refractivity contribution in [2.75, 3.05) is 6.61 Å². The zero-order chi connectivity index (χ0) is 10.6. The Morgan fingerprint density at radius 3 is 2.64 bits per heavy atom. The van der Waals surface area contributed by atoms with Gasteiger partial charge in [-0.3, -0.25) is 4.68 Å². The van der Waals surface area contributed by atoms with Gasteiger partial charge in [0.1, 0.15) is 0 Å². The highest BCUT2D eigenvalue weighted by Crippen LogP contribution is 2.09. The van der Waals surface area contributed by atoms with Crippen LogP contribution in [-0.2, 0) is 11.3 Å². The molecule has 3 heteroatoms. The third kappa shape index (κ3) is 3.14. The van der Waals surface area contributed by atoms with Crippen LogP contribution >= 0.6 is 0 Å². The summed E-state index contributed by atoms with van der Waals surface area (Å²) in [5, 5.41) is 4.25. The first-order valence-electron chi connectivity index (χ1n) is 5.21. The molecule has 1 aromatic heterocycles. The monoisotopic (exact) mass is 196 g/mol. The van der Waals surface area contributed by atoms with Crippen molar-refractivity contribution in [2.24, 2.45) is 5.92 Å². The third-order valence-corrected chi connectivity index (χ3v) is 1.94. The van der Waals surface area contributed by atoms with Crippen molar-refractivity contribution in [1.29, 1.82) is 0 Å². The summed E-state index contributed by atoms with van der Waals surface area (Å²) in [4.78, 5) is 0. The van der Waals surface area contributed by atoms with Crippen molar-refractivity contribution in [3.63, 3.8) is 0 Å². The van der Waals surface area contributed by atoms with Crippen LogP contribution < -0.4 is 0 Å². The molecule has 1 aromatic rings. The van der Waals surface area contributed by atoms with Crippen molar-refractivity contribution in [1.82, 2.24) is 9.78 Å². The minimum absolute atomic E-state index is 0.405. The predicted octanol–water partition coefficient (Wildman–Crippen LogP) is 2.64. The predicted molar refractivity (Wildman–Crippen MR) is 57.1 cm³/mol. The van der Waals surface area contributed by atoms with E-state index in [4.69, 9.17) is 4.74 Å². The average Bonchev–Trinajstić information content (AvgIpc) is 2.51. The van der Waals surface area contributed by atoms with E-state index < -0.39 is 0 Å². The van der Waals surface area contributed by atoms with Gasteiger partial charge in [0.2, 0.25) is 0 Å². The van der Waals surface area contributed by atoms with Crippen LogP contribution in [0.15, 0.2) is 12.3 Å². The van der Waals surface area contributed by atoms with Crippen LogP contribution in [0.3, 0.4) is 0 Å². The number of hydrogen-bond acceptors (Lipinski definition) is 2. The van der Waals surface area contributed by atoms with Crippen LogP contribution in [0.4, 0.5) is 0 Å². The summed E-state index contributed by atoms with van der Waals surface area (Å²) in [7, 11) is 0. The first-order valence-corrected chi connectivity index (χ1v) is 5.21. The first-order chi connectivity index (χ1) is 6.61. The van der Waals surface area contributed by atoms with Gasteiger partial charge in [-0.2, -0.15) is 5.10 Å². The summed E-state index contributed by atoms with van der Waals surface area (Å²) in [6.45, 7) is 10.0. The summed E-state index contributed by atoms with van der Waals surface area (Å²) >= 11 is 0. The highest BCUT2D eigenvalue weighted by Gasteiger charge is 2.05. The molecular formula is C11H20N2O. The summed E-state index contributed by atoms with van der Waals surface area (Å²) < 4.78 is 7.57. The van der Waals surface area contributed by atoms with E-state index in [9.17, 15) is 0 Å². The lowest BCUT2D eigenvalue weighted by Gasteiger charge is -2.11. The Morgan fingerprint density at radius 2 is 2.07 bits per heavy atom. The minimum Gasteiger partial charge on any atom is -0.375 e. The van der Waals surface area contributed by atoms with E-state index in [-0.39, 0.29) is 0 Å². The molecule has 1 rings (SSSR count). The van der Waals surface area contributed by atoms with Gasteiger partial charge < -0.3 is 4.74 Å².